The van der Waals surface area contributed by atoms with Crippen molar-refractivity contribution in [2.45, 2.75) is 11.8 Å². The number of aryl methyl sites for hydroxylation is 1. The zero-order chi connectivity index (χ0) is 14.8. The van der Waals surface area contributed by atoms with E-state index < -0.39 is 15.9 Å². The van der Waals surface area contributed by atoms with Crippen molar-refractivity contribution in [1.29, 1.82) is 0 Å². The minimum absolute atomic E-state index is 0.0406. The van der Waals surface area contributed by atoms with Crippen LogP contribution >= 0.6 is 0 Å². The van der Waals surface area contributed by atoms with Crippen LogP contribution in [0.4, 0.5) is 4.39 Å². The van der Waals surface area contributed by atoms with Gasteiger partial charge in [-0.3, -0.25) is 4.79 Å². The first-order valence-electron chi connectivity index (χ1n) is 5.68. The lowest BCUT2D eigenvalue weighted by Crippen LogP contribution is -2.11. The van der Waals surface area contributed by atoms with E-state index in [1.165, 1.54) is 18.2 Å². The minimum atomic E-state index is -4.14. The summed E-state index contributed by atoms with van der Waals surface area (Å²) in [4.78, 5) is 10.4. The van der Waals surface area contributed by atoms with E-state index in [1.54, 1.807) is 19.1 Å². The lowest BCUT2D eigenvalue weighted by Gasteiger charge is -2.09. The van der Waals surface area contributed by atoms with Crippen LogP contribution in [0.1, 0.15) is 15.9 Å². The van der Waals surface area contributed by atoms with Gasteiger partial charge in [-0.1, -0.05) is 18.2 Å². The van der Waals surface area contributed by atoms with Gasteiger partial charge >= 0.3 is 10.1 Å². The Kier molecular flexibility index (Phi) is 3.85. The van der Waals surface area contributed by atoms with Gasteiger partial charge in [-0.2, -0.15) is 8.42 Å². The Morgan fingerprint density at radius 1 is 1.15 bits per heavy atom. The average Bonchev–Trinajstić information content (AvgIpc) is 2.41. The molecule has 0 aliphatic carbocycles. The molecule has 6 heteroatoms. The normalized spacial score (nSPS) is 11.1. The molecule has 0 fully saturated rings. The van der Waals surface area contributed by atoms with Crippen molar-refractivity contribution in [2.75, 3.05) is 0 Å². The molecule has 2 aromatic rings. The van der Waals surface area contributed by atoms with E-state index >= 15 is 0 Å². The second-order valence-electron chi connectivity index (χ2n) is 4.14. The third kappa shape index (κ3) is 3.03. The number of rotatable bonds is 4. The highest BCUT2D eigenvalue weighted by Crippen LogP contribution is 2.23. The largest absolute Gasteiger partial charge is 0.379 e. The second-order valence-corrected chi connectivity index (χ2v) is 5.68. The third-order valence-corrected chi connectivity index (χ3v) is 3.86. The molecule has 0 aliphatic heterocycles. The van der Waals surface area contributed by atoms with Crippen molar-refractivity contribution < 1.29 is 21.8 Å². The van der Waals surface area contributed by atoms with Gasteiger partial charge in [-0.25, -0.2) is 4.39 Å². The quantitative estimate of drug-likeness (QED) is 0.642. The minimum Gasteiger partial charge on any atom is -0.379 e. The lowest BCUT2D eigenvalue weighted by atomic mass is 10.1. The molecule has 0 saturated carbocycles. The highest BCUT2D eigenvalue weighted by Gasteiger charge is 2.18. The molecule has 0 radical (unpaired) electrons. The zero-order valence-corrected chi connectivity index (χ0v) is 11.4. The molecular formula is C14H11FO4S. The number of hydrogen-bond donors (Lipinski definition) is 0. The Hall–Kier alpha value is -2.21. The molecule has 0 amide bonds. The molecule has 0 spiro atoms. The molecule has 0 heterocycles. The van der Waals surface area contributed by atoms with Gasteiger partial charge in [-0.05, 0) is 36.8 Å². The molecule has 104 valence electrons. The summed E-state index contributed by atoms with van der Waals surface area (Å²) in [7, 11) is -4.14. The molecule has 0 bridgehead atoms. The van der Waals surface area contributed by atoms with Crippen molar-refractivity contribution in [1.82, 2.24) is 0 Å². The van der Waals surface area contributed by atoms with Gasteiger partial charge in [-0.15, -0.1) is 0 Å². The summed E-state index contributed by atoms with van der Waals surface area (Å²) < 4.78 is 42.1. The number of aldehydes is 1. The summed E-state index contributed by atoms with van der Waals surface area (Å²) in [5, 5.41) is 0. The molecule has 4 nitrogen and oxygen atoms in total. The Bertz CT molecular complexity index is 754. The lowest BCUT2D eigenvalue weighted by molar-refractivity contribution is 0.112. The fraction of sp³-hybridized carbons (Fsp3) is 0.0714. The first-order chi connectivity index (χ1) is 9.42. The van der Waals surface area contributed by atoms with Crippen molar-refractivity contribution >= 4 is 16.4 Å². The highest BCUT2D eigenvalue weighted by molar-refractivity contribution is 7.87. The third-order valence-electron chi connectivity index (χ3n) is 2.63. The van der Waals surface area contributed by atoms with Crippen LogP contribution in [0.2, 0.25) is 0 Å². The molecule has 0 saturated heterocycles. The van der Waals surface area contributed by atoms with Crippen molar-refractivity contribution in [2.24, 2.45) is 0 Å². The first-order valence-corrected chi connectivity index (χ1v) is 7.09. The molecular weight excluding hydrogens is 283 g/mol. The summed E-state index contributed by atoms with van der Waals surface area (Å²) in [6.45, 7) is 1.64. The van der Waals surface area contributed by atoms with Crippen LogP contribution in [0.25, 0.3) is 0 Å². The molecule has 0 unspecified atom stereocenters. The Morgan fingerprint density at radius 2 is 1.90 bits per heavy atom. The van der Waals surface area contributed by atoms with Gasteiger partial charge in [0.05, 0.1) is 0 Å². The standard InChI is InChI=1S/C14H11FO4S/c1-10-5-6-11(9-16)7-14(10)19-20(17,18)13-4-2-3-12(15)8-13/h2-9H,1H3. The van der Waals surface area contributed by atoms with Gasteiger partial charge in [0.2, 0.25) is 0 Å². The molecule has 2 rings (SSSR count). The van der Waals surface area contributed by atoms with Gasteiger partial charge < -0.3 is 4.18 Å². The van der Waals surface area contributed by atoms with Crippen LogP contribution in [0.15, 0.2) is 47.4 Å². The number of carbonyl (C=O) groups is 1. The topological polar surface area (TPSA) is 60.4 Å². The van der Waals surface area contributed by atoms with Gasteiger partial charge in [0, 0.05) is 5.56 Å². The van der Waals surface area contributed by atoms with E-state index in [4.69, 9.17) is 4.18 Å². The Balaban J connectivity index is 2.40. The maximum atomic E-state index is 13.1. The van der Waals surface area contributed by atoms with E-state index in [0.29, 0.717) is 17.4 Å². The summed E-state index contributed by atoms with van der Waals surface area (Å²) >= 11 is 0. The maximum Gasteiger partial charge on any atom is 0.339 e. The van der Waals surface area contributed by atoms with E-state index in [0.717, 1.165) is 12.1 Å². The van der Waals surface area contributed by atoms with Gasteiger partial charge in [0.15, 0.2) is 0 Å². The van der Waals surface area contributed by atoms with E-state index in [-0.39, 0.29) is 10.6 Å². The predicted molar refractivity (Wildman–Crippen MR) is 70.8 cm³/mol. The molecule has 20 heavy (non-hydrogen) atoms. The fourth-order valence-corrected chi connectivity index (χ4v) is 2.58. The van der Waals surface area contributed by atoms with E-state index in [1.807, 2.05) is 0 Å². The number of hydrogen-bond acceptors (Lipinski definition) is 4. The summed E-state index contributed by atoms with van der Waals surface area (Å²) in [5.41, 5.74) is 0.843. The van der Waals surface area contributed by atoms with Crippen LogP contribution in [0.5, 0.6) is 5.75 Å². The van der Waals surface area contributed by atoms with E-state index in [2.05, 4.69) is 0 Å². The maximum absolute atomic E-state index is 13.1. The average molecular weight is 294 g/mol. The number of carbonyl (C=O) groups excluding carboxylic acids is 1. The summed E-state index contributed by atoms with van der Waals surface area (Å²) in [6, 6.07) is 8.95. The number of halogens is 1. The molecule has 0 atom stereocenters. The summed E-state index contributed by atoms with van der Waals surface area (Å²) in [6.07, 6.45) is 0.584. The first kappa shape index (κ1) is 14.2. The molecule has 0 aliphatic rings. The Labute approximate surface area is 115 Å². The van der Waals surface area contributed by atoms with Crippen LogP contribution in [0.3, 0.4) is 0 Å². The second kappa shape index (κ2) is 5.42. The predicted octanol–water partition coefficient (Wildman–Crippen LogP) is 2.71. The smallest absolute Gasteiger partial charge is 0.339 e. The van der Waals surface area contributed by atoms with Crippen molar-refractivity contribution in [3.05, 3.63) is 59.4 Å². The monoisotopic (exact) mass is 294 g/mol. The van der Waals surface area contributed by atoms with Crippen LogP contribution in [0, 0.1) is 12.7 Å². The molecule has 0 N–H and O–H groups in total. The SMILES string of the molecule is Cc1ccc(C=O)cc1OS(=O)(=O)c1cccc(F)c1. The summed E-state index contributed by atoms with van der Waals surface area (Å²) in [5.74, 6) is -0.632. The van der Waals surface area contributed by atoms with Crippen LogP contribution in [-0.4, -0.2) is 14.7 Å². The molecule has 2 aromatic carbocycles. The van der Waals surface area contributed by atoms with Crippen molar-refractivity contribution in [3.8, 4) is 5.75 Å². The van der Waals surface area contributed by atoms with Gasteiger partial charge in [0.25, 0.3) is 0 Å². The fourth-order valence-electron chi connectivity index (χ4n) is 1.57. The Morgan fingerprint density at radius 3 is 2.55 bits per heavy atom. The van der Waals surface area contributed by atoms with Gasteiger partial charge in [0.1, 0.15) is 22.7 Å². The van der Waals surface area contributed by atoms with Crippen LogP contribution in [-0.2, 0) is 10.1 Å². The van der Waals surface area contributed by atoms with Crippen LogP contribution < -0.4 is 4.18 Å². The number of benzene rings is 2. The zero-order valence-electron chi connectivity index (χ0n) is 10.5. The highest BCUT2D eigenvalue weighted by atomic mass is 32.2. The van der Waals surface area contributed by atoms with E-state index in [9.17, 15) is 17.6 Å². The molecule has 0 aromatic heterocycles. The van der Waals surface area contributed by atoms with Crippen molar-refractivity contribution in [3.63, 3.8) is 0 Å².